The highest BCUT2D eigenvalue weighted by Gasteiger charge is 2.17. The molecule has 21 heavy (non-hydrogen) atoms. The maximum Gasteiger partial charge on any atom is 0.0468 e. The first-order chi connectivity index (χ1) is 10.0. The number of nitrogens with one attached hydrogen (secondary N) is 1. The summed E-state index contributed by atoms with van der Waals surface area (Å²) in [6, 6.07) is 14.3. The van der Waals surface area contributed by atoms with Crippen LogP contribution in [-0.4, -0.2) is 0 Å². The highest BCUT2D eigenvalue weighted by molar-refractivity contribution is 9.10. The van der Waals surface area contributed by atoms with Gasteiger partial charge in [0.05, 0.1) is 0 Å². The zero-order chi connectivity index (χ0) is 15.4. The molecule has 1 N–H and O–H groups in total. The first-order valence-corrected chi connectivity index (χ1v) is 8.53. The largest absolute Gasteiger partial charge is 0.303 e. The minimum atomic E-state index is 0.192. The molecule has 0 radical (unpaired) electrons. The summed E-state index contributed by atoms with van der Waals surface area (Å²) in [5.41, 5.74) is 2.32. The Morgan fingerprint density at radius 3 is 2.43 bits per heavy atom. The van der Waals surface area contributed by atoms with Crippen LogP contribution in [0, 0.1) is 0 Å². The Kier molecular flexibility index (Phi) is 6.12. The molecule has 0 heterocycles. The third-order valence-corrected chi connectivity index (χ3v) is 4.85. The fraction of sp³-hybridized carbons (Fsp3) is 0.294. The first kappa shape index (κ1) is 16.8. The van der Waals surface area contributed by atoms with Gasteiger partial charge in [0.2, 0.25) is 0 Å². The second-order valence-corrected chi connectivity index (χ2v) is 6.73. The third kappa shape index (κ3) is 4.23. The lowest BCUT2D eigenvalue weighted by molar-refractivity contribution is 0.455. The molecule has 0 bridgehead atoms. The molecule has 0 fully saturated rings. The van der Waals surface area contributed by atoms with Gasteiger partial charge in [-0.2, -0.15) is 0 Å². The molecule has 2 aromatic rings. The molecule has 0 saturated heterocycles. The van der Waals surface area contributed by atoms with Crippen LogP contribution in [0.25, 0.3) is 0 Å². The van der Waals surface area contributed by atoms with Crippen LogP contribution in [0.15, 0.2) is 46.9 Å². The SMILES string of the molecule is CCC(N[C@H](C)c1ccccc1Br)c1ccc(Cl)cc1Cl. The first-order valence-electron chi connectivity index (χ1n) is 6.98. The van der Waals surface area contributed by atoms with Crippen LogP contribution in [0.5, 0.6) is 0 Å². The summed E-state index contributed by atoms with van der Waals surface area (Å²) in [5, 5.41) is 5.02. The van der Waals surface area contributed by atoms with Crippen LogP contribution in [0.4, 0.5) is 0 Å². The average Bonchev–Trinajstić information content (AvgIpc) is 2.45. The summed E-state index contributed by atoms with van der Waals surface area (Å²) >= 11 is 15.9. The molecule has 0 aliphatic heterocycles. The highest BCUT2D eigenvalue weighted by atomic mass is 79.9. The smallest absolute Gasteiger partial charge is 0.0468 e. The molecule has 2 aromatic carbocycles. The van der Waals surface area contributed by atoms with Crippen molar-refractivity contribution in [1.82, 2.24) is 5.32 Å². The van der Waals surface area contributed by atoms with Crippen molar-refractivity contribution in [3.63, 3.8) is 0 Å². The Balaban J connectivity index is 2.21. The van der Waals surface area contributed by atoms with Crippen molar-refractivity contribution in [3.8, 4) is 0 Å². The van der Waals surface area contributed by atoms with E-state index in [1.54, 1.807) is 6.07 Å². The molecule has 4 heteroatoms. The fourth-order valence-corrected chi connectivity index (χ4v) is 3.60. The number of hydrogen-bond donors (Lipinski definition) is 1. The van der Waals surface area contributed by atoms with Crippen LogP contribution in [-0.2, 0) is 0 Å². The minimum Gasteiger partial charge on any atom is -0.303 e. The van der Waals surface area contributed by atoms with Gasteiger partial charge < -0.3 is 5.32 Å². The van der Waals surface area contributed by atoms with Gasteiger partial charge in [-0.1, -0.05) is 70.3 Å². The standard InChI is InChI=1S/C17H18BrCl2N/c1-3-17(14-9-8-12(19)10-16(14)20)21-11(2)13-6-4-5-7-15(13)18/h4-11,17,21H,3H2,1-2H3/t11-,17?/m1/s1. The highest BCUT2D eigenvalue weighted by Crippen LogP contribution is 2.31. The van der Waals surface area contributed by atoms with Crippen molar-refractivity contribution in [2.75, 3.05) is 0 Å². The number of rotatable bonds is 5. The van der Waals surface area contributed by atoms with Crippen molar-refractivity contribution in [2.45, 2.75) is 32.4 Å². The van der Waals surface area contributed by atoms with Crippen molar-refractivity contribution in [3.05, 3.63) is 68.1 Å². The third-order valence-electron chi connectivity index (χ3n) is 3.57. The van der Waals surface area contributed by atoms with E-state index in [1.165, 1.54) is 5.56 Å². The Hall–Kier alpha value is -0.540. The predicted octanol–water partition coefficient (Wildman–Crippen LogP) is 6.56. The van der Waals surface area contributed by atoms with Crippen molar-refractivity contribution < 1.29 is 0 Å². The summed E-state index contributed by atoms with van der Waals surface area (Å²) in [6.07, 6.45) is 0.955. The molecule has 0 aliphatic rings. The van der Waals surface area contributed by atoms with Gasteiger partial charge in [0.15, 0.2) is 0 Å². The average molecular weight is 387 g/mol. The molecule has 112 valence electrons. The Morgan fingerprint density at radius 1 is 1.10 bits per heavy atom. The summed E-state index contributed by atoms with van der Waals surface area (Å²) in [5.74, 6) is 0. The van der Waals surface area contributed by atoms with Gasteiger partial charge in [-0.15, -0.1) is 0 Å². The van der Waals surface area contributed by atoms with E-state index in [0.29, 0.717) is 10.0 Å². The molecule has 0 spiro atoms. The van der Waals surface area contributed by atoms with Gasteiger partial charge in [-0.3, -0.25) is 0 Å². The molecule has 0 amide bonds. The van der Waals surface area contributed by atoms with E-state index in [1.807, 2.05) is 18.2 Å². The van der Waals surface area contributed by atoms with E-state index in [0.717, 1.165) is 16.5 Å². The van der Waals surface area contributed by atoms with Crippen molar-refractivity contribution in [2.24, 2.45) is 0 Å². The zero-order valence-electron chi connectivity index (χ0n) is 12.0. The Morgan fingerprint density at radius 2 is 1.81 bits per heavy atom. The van der Waals surface area contributed by atoms with E-state index in [9.17, 15) is 0 Å². The summed E-state index contributed by atoms with van der Waals surface area (Å²) in [6.45, 7) is 4.31. The van der Waals surface area contributed by atoms with Crippen LogP contribution in [0.3, 0.4) is 0 Å². The van der Waals surface area contributed by atoms with Gasteiger partial charge in [-0.05, 0) is 42.7 Å². The summed E-state index contributed by atoms with van der Waals surface area (Å²) < 4.78 is 1.11. The van der Waals surface area contributed by atoms with Crippen LogP contribution >= 0.6 is 39.1 Å². The number of halogens is 3. The normalized spacial score (nSPS) is 14.0. The van der Waals surface area contributed by atoms with Crippen LogP contribution in [0.1, 0.15) is 43.5 Å². The lowest BCUT2D eigenvalue weighted by Crippen LogP contribution is -2.24. The molecule has 2 atom stereocenters. The van der Waals surface area contributed by atoms with Crippen molar-refractivity contribution in [1.29, 1.82) is 0 Å². The maximum absolute atomic E-state index is 6.33. The second kappa shape index (κ2) is 7.64. The lowest BCUT2D eigenvalue weighted by Gasteiger charge is -2.24. The van der Waals surface area contributed by atoms with Gasteiger partial charge in [-0.25, -0.2) is 0 Å². The maximum atomic E-state index is 6.33. The topological polar surface area (TPSA) is 12.0 Å². The van der Waals surface area contributed by atoms with E-state index in [-0.39, 0.29) is 12.1 Å². The molecule has 2 rings (SSSR count). The second-order valence-electron chi connectivity index (χ2n) is 5.04. The monoisotopic (exact) mass is 385 g/mol. The van der Waals surface area contributed by atoms with Crippen LogP contribution < -0.4 is 5.32 Å². The van der Waals surface area contributed by atoms with E-state index < -0.39 is 0 Å². The van der Waals surface area contributed by atoms with E-state index in [4.69, 9.17) is 23.2 Å². The zero-order valence-corrected chi connectivity index (χ0v) is 15.1. The molecule has 1 nitrogen and oxygen atoms in total. The fourth-order valence-electron chi connectivity index (χ4n) is 2.43. The molecular weight excluding hydrogens is 369 g/mol. The molecule has 0 aromatic heterocycles. The quantitative estimate of drug-likeness (QED) is 0.613. The van der Waals surface area contributed by atoms with E-state index >= 15 is 0 Å². The van der Waals surface area contributed by atoms with Gasteiger partial charge in [0.25, 0.3) is 0 Å². The summed E-state index contributed by atoms with van der Waals surface area (Å²) in [7, 11) is 0. The van der Waals surface area contributed by atoms with E-state index in [2.05, 4.69) is 53.3 Å². The predicted molar refractivity (Wildman–Crippen MR) is 95.2 cm³/mol. The lowest BCUT2D eigenvalue weighted by atomic mass is 10.0. The van der Waals surface area contributed by atoms with Gasteiger partial charge in [0.1, 0.15) is 0 Å². The minimum absolute atomic E-state index is 0.192. The Labute approximate surface area is 144 Å². The molecule has 0 saturated carbocycles. The Bertz CT molecular complexity index is 615. The van der Waals surface area contributed by atoms with Gasteiger partial charge >= 0.3 is 0 Å². The molecular formula is C17H18BrCl2N. The van der Waals surface area contributed by atoms with Gasteiger partial charge in [0, 0.05) is 26.6 Å². The van der Waals surface area contributed by atoms with Crippen molar-refractivity contribution >= 4 is 39.1 Å². The summed E-state index contributed by atoms with van der Waals surface area (Å²) in [4.78, 5) is 0. The number of benzene rings is 2. The molecule has 0 aliphatic carbocycles. The number of hydrogen-bond acceptors (Lipinski definition) is 1. The van der Waals surface area contributed by atoms with Crippen LogP contribution in [0.2, 0.25) is 10.0 Å². The molecule has 1 unspecified atom stereocenters.